The van der Waals surface area contributed by atoms with Crippen molar-refractivity contribution in [3.63, 3.8) is 0 Å². The number of hydrogen-bond donors (Lipinski definition) is 1. The van der Waals surface area contributed by atoms with Gasteiger partial charge < -0.3 is 24.3 Å². The van der Waals surface area contributed by atoms with Crippen molar-refractivity contribution in [1.29, 1.82) is 0 Å². The van der Waals surface area contributed by atoms with Crippen molar-refractivity contribution < 1.29 is 13.9 Å². The summed E-state index contributed by atoms with van der Waals surface area (Å²) in [5.74, 6) is 0.968. The maximum absolute atomic E-state index is 13.0. The number of urea groups is 1. The standard InChI is InChI=1S/C21H31N3O3/c1-5-19-15(2)17-9-6-10-18(20(17)27-19)22-21(25)24(12-11-23(3)4)14-16-8-7-13-26-16/h6,9-10,16H,5,7-8,11-14H2,1-4H3,(H,22,25). The van der Waals surface area contributed by atoms with E-state index in [1.54, 1.807) is 0 Å². The highest BCUT2D eigenvalue weighted by Crippen LogP contribution is 2.31. The molecular formula is C21H31N3O3. The van der Waals surface area contributed by atoms with Crippen molar-refractivity contribution in [2.45, 2.75) is 39.2 Å². The molecule has 2 aromatic rings. The predicted molar refractivity (Wildman–Crippen MR) is 108 cm³/mol. The number of rotatable bonds is 7. The van der Waals surface area contributed by atoms with E-state index >= 15 is 0 Å². The highest BCUT2D eigenvalue weighted by Gasteiger charge is 2.23. The molecule has 0 bridgehead atoms. The summed E-state index contributed by atoms with van der Waals surface area (Å²) >= 11 is 0. The van der Waals surface area contributed by atoms with E-state index in [0.717, 1.165) is 60.4 Å². The number of likely N-dealkylation sites (N-methyl/N-ethyl adjacent to an activating group) is 1. The normalized spacial score (nSPS) is 17.0. The van der Waals surface area contributed by atoms with Gasteiger partial charge in [-0.05, 0) is 45.5 Å². The van der Waals surface area contributed by atoms with E-state index in [-0.39, 0.29) is 12.1 Å². The van der Waals surface area contributed by atoms with Crippen LogP contribution < -0.4 is 5.32 Å². The molecule has 3 rings (SSSR count). The maximum atomic E-state index is 13.0. The number of benzene rings is 1. The number of amides is 2. The Kier molecular flexibility index (Phi) is 6.39. The molecule has 1 fully saturated rings. The molecule has 0 radical (unpaired) electrons. The van der Waals surface area contributed by atoms with Crippen molar-refractivity contribution in [2.75, 3.05) is 45.7 Å². The van der Waals surface area contributed by atoms with E-state index in [9.17, 15) is 4.79 Å². The third kappa shape index (κ3) is 4.62. The number of hydrogen-bond acceptors (Lipinski definition) is 4. The largest absolute Gasteiger partial charge is 0.459 e. The minimum Gasteiger partial charge on any atom is -0.459 e. The molecule has 0 saturated carbocycles. The van der Waals surface area contributed by atoms with Gasteiger partial charge in [-0.1, -0.05) is 19.1 Å². The van der Waals surface area contributed by atoms with E-state index < -0.39 is 0 Å². The summed E-state index contributed by atoms with van der Waals surface area (Å²) in [7, 11) is 4.03. The third-order valence-electron chi connectivity index (χ3n) is 5.18. The van der Waals surface area contributed by atoms with Crippen LogP contribution in [0.3, 0.4) is 0 Å². The number of aryl methyl sites for hydroxylation is 2. The van der Waals surface area contributed by atoms with E-state index in [2.05, 4.69) is 24.1 Å². The number of carbonyl (C=O) groups excluding carboxylic acids is 1. The number of nitrogens with zero attached hydrogens (tertiary/aromatic N) is 2. The highest BCUT2D eigenvalue weighted by molar-refractivity contribution is 6.00. The molecular weight excluding hydrogens is 342 g/mol. The Morgan fingerprint density at radius 1 is 1.30 bits per heavy atom. The maximum Gasteiger partial charge on any atom is 0.322 e. The molecule has 6 nitrogen and oxygen atoms in total. The summed E-state index contributed by atoms with van der Waals surface area (Å²) in [4.78, 5) is 17.0. The summed E-state index contributed by atoms with van der Waals surface area (Å²) in [5, 5.41) is 4.13. The first kappa shape index (κ1) is 19.7. The van der Waals surface area contributed by atoms with Crippen molar-refractivity contribution >= 4 is 22.7 Å². The van der Waals surface area contributed by atoms with Crippen LogP contribution in [-0.2, 0) is 11.2 Å². The summed E-state index contributed by atoms with van der Waals surface area (Å²) in [6.07, 6.45) is 3.05. The molecule has 27 heavy (non-hydrogen) atoms. The fourth-order valence-corrected chi connectivity index (χ4v) is 3.55. The SMILES string of the molecule is CCc1oc2c(NC(=O)N(CCN(C)C)CC3CCCO3)cccc2c1C. The van der Waals surface area contributed by atoms with Crippen molar-refractivity contribution in [3.8, 4) is 0 Å². The fraction of sp³-hybridized carbons (Fsp3) is 0.571. The van der Waals surface area contributed by atoms with Gasteiger partial charge in [0.25, 0.3) is 0 Å². The van der Waals surface area contributed by atoms with Gasteiger partial charge in [0.15, 0.2) is 5.58 Å². The van der Waals surface area contributed by atoms with Crippen LogP contribution in [0.5, 0.6) is 0 Å². The number of ether oxygens (including phenoxy) is 1. The molecule has 2 heterocycles. The van der Waals surface area contributed by atoms with Gasteiger partial charge in [0, 0.05) is 38.0 Å². The number of anilines is 1. The molecule has 6 heteroatoms. The molecule has 1 aromatic heterocycles. The fourth-order valence-electron chi connectivity index (χ4n) is 3.55. The van der Waals surface area contributed by atoms with Crippen LogP contribution in [0.25, 0.3) is 11.0 Å². The Hall–Kier alpha value is -2.05. The quantitative estimate of drug-likeness (QED) is 0.800. The lowest BCUT2D eigenvalue weighted by Crippen LogP contribution is -2.43. The van der Waals surface area contributed by atoms with Gasteiger partial charge in [0.2, 0.25) is 0 Å². The zero-order valence-corrected chi connectivity index (χ0v) is 16.9. The van der Waals surface area contributed by atoms with Gasteiger partial charge in [0.05, 0.1) is 11.8 Å². The second-order valence-electron chi connectivity index (χ2n) is 7.50. The van der Waals surface area contributed by atoms with Crippen LogP contribution in [0.2, 0.25) is 0 Å². The van der Waals surface area contributed by atoms with Crippen molar-refractivity contribution in [2.24, 2.45) is 0 Å². The van der Waals surface area contributed by atoms with Gasteiger partial charge in [-0.3, -0.25) is 0 Å². The minimum absolute atomic E-state index is 0.105. The van der Waals surface area contributed by atoms with Crippen LogP contribution in [-0.4, -0.2) is 62.3 Å². The topological polar surface area (TPSA) is 58.0 Å². The molecule has 0 spiro atoms. The number of nitrogens with one attached hydrogen (secondary N) is 1. The van der Waals surface area contributed by atoms with Gasteiger partial charge in [-0.2, -0.15) is 0 Å². The average Bonchev–Trinajstić information content (AvgIpc) is 3.27. The summed E-state index contributed by atoms with van der Waals surface area (Å²) in [6.45, 7) is 7.02. The Labute approximate surface area is 161 Å². The lowest BCUT2D eigenvalue weighted by Gasteiger charge is -2.27. The zero-order chi connectivity index (χ0) is 19.4. The molecule has 1 aliphatic rings. The summed E-state index contributed by atoms with van der Waals surface area (Å²) in [5.41, 5.74) is 2.62. The number of para-hydroxylation sites is 1. The van der Waals surface area contributed by atoms with Crippen LogP contribution in [0.1, 0.15) is 31.1 Å². The van der Waals surface area contributed by atoms with Gasteiger partial charge in [-0.15, -0.1) is 0 Å². The molecule has 1 N–H and O–H groups in total. The first-order valence-corrected chi connectivity index (χ1v) is 9.82. The Morgan fingerprint density at radius 2 is 2.11 bits per heavy atom. The van der Waals surface area contributed by atoms with Crippen LogP contribution in [0.4, 0.5) is 10.5 Å². The molecule has 1 atom stereocenters. The number of furan rings is 1. The van der Waals surface area contributed by atoms with E-state index in [1.165, 1.54) is 0 Å². The van der Waals surface area contributed by atoms with Gasteiger partial charge in [-0.25, -0.2) is 4.79 Å². The van der Waals surface area contributed by atoms with Crippen LogP contribution >= 0.6 is 0 Å². The molecule has 2 amide bonds. The second kappa shape index (κ2) is 8.76. The number of carbonyl (C=O) groups is 1. The zero-order valence-electron chi connectivity index (χ0n) is 16.9. The van der Waals surface area contributed by atoms with E-state index in [0.29, 0.717) is 13.1 Å². The molecule has 148 valence electrons. The van der Waals surface area contributed by atoms with E-state index in [1.807, 2.05) is 37.2 Å². The highest BCUT2D eigenvalue weighted by atomic mass is 16.5. The van der Waals surface area contributed by atoms with Crippen LogP contribution in [0.15, 0.2) is 22.6 Å². The summed E-state index contributed by atoms with van der Waals surface area (Å²) < 4.78 is 11.8. The average molecular weight is 373 g/mol. The van der Waals surface area contributed by atoms with Crippen molar-refractivity contribution in [1.82, 2.24) is 9.80 Å². The molecule has 0 aliphatic carbocycles. The summed E-state index contributed by atoms with van der Waals surface area (Å²) in [6, 6.07) is 5.80. The molecule has 1 aliphatic heterocycles. The molecule has 1 saturated heterocycles. The Bertz CT molecular complexity index is 778. The monoisotopic (exact) mass is 373 g/mol. The van der Waals surface area contributed by atoms with Gasteiger partial charge >= 0.3 is 6.03 Å². The van der Waals surface area contributed by atoms with Gasteiger partial charge in [0.1, 0.15) is 5.76 Å². The lowest BCUT2D eigenvalue weighted by molar-refractivity contribution is 0.0820. The first-order chi connectivity index (χ1) is 13.0. The Balaban J connectivity index is 1.78. The third-order valence-corrected chi connectivity index (χ3v) is 5.18. The molecule has 1 aromatic carbocycles. The predicted octanol–water partition coefficient (Wildman–Crippen LogP) is 3.88. The molecule has 1 unspecified atom stereocenters. The lowest BCUT2D eigenvalue weighted by atomic mass is 10.1. The second-order valence-corrected chi connectivity index (χ2v) is 7.50. The van der Waals surface area contributed by atoms with E-state index in [4.69, 9.17) is 9.15 Å². The number of fused-ring (bicyclic) bond motifs is 1. The van der Waals surface area contributed by atoms with Crippen LogP contribution in [0, 0.1) is 6.92 Å². The van der Waals surface area contributed by atoms with Crippen molar-refractivity contribution in [3.05, 3.63) is 29.5 Å². The minimum atomic E-state index is -0.105. The first-order valence-electron chi connectivity index (χ1n) is 9.82. The Morgan fingerprint density at radius 3 is 2.78 bits per heavy atom. The smallest absolute Gasteiger partial charge is 0.322 e.